The molecule has 1 aromatic heterocycles. The Bertz CT molecular complexity index is 1400. The van der Waals surface area contributed by atoms with Crippen molar-refractivity contribution in [2.24, 2.45) is 5.41 Å². The maximum Gasteiger partial charge on any atom is 0.416 e. The number of fused-ring (bicyclic) bond motifs is 1. The number of benzene rings is 2. The molecule has 2 aromatic carbocycles. The molecule has 0 radical (unpaired) electrons. The molecule has 2 heterocycles. The molecule has 1 fully saturated rings. The molecule has 1 aliphatic rings. The fourth-order valence-corrected chi connectivity index (χ4v) is 5.33. The van der Waals surface area contributed by atoms with Crippen molar-refractivity contribution in [3.8, 4) is 5.75 Å². The van der Waals surface area contributed by atoms with E-state index in [0.29, 0.717) is 36.3 Å². The van der Waals surface area contributed by atoms with E-state index in [0.717, 1.165) is 6.07 Å². The largest absolute Gasteiger partial charge is 0.494 e. The van der Waals surface area contributed by atoms with E-state index < -0.39 is 34.5 Å². The number of likely N-dealkylation sites (tertiary alicyclic amines) is 1. The lowest BCUT2D eigenvalue weighted by atomic mass is 9.79. The molecule has 0 spiro atoms. The Balaban J connectivity index is 1.80. The summed E-state index contributed by atoms with van der Waals surface area (Å²) >= 11 is 0. The van der Waals surface area contributed by atoms with Crippen molar-refractivity contribution in [2.45, 2.75) is 65.4 Å². The highest BCUT2D eigenvalue weighted by Gasteiger charge is 2.42. The minimum atomic E-state index is -4.56. The molecular formula is C28H34F3N3O4. The van der Waals surface area contributed by atoms with Crippen LogP contribution in [0.25, 0.3) is 11.0 Å². The SMILES string of the molecule is COc1cccc2c1n(Cc1ccccc1C(F)(F)F)c(=O)n2C1CCN(C(=O)OC(C)(C)C)CC1(C)C. The Morgan fingerprint density at radius 2 is 1.76 bits per heavy atom. The van der Waals surface area contributed by atoms with Crippen molar-refractivity contribution in [3.63, 3.8) is 0 Å². The summed E-state index contributed by atoms with van der Waals surface area (Å²) in [5.41, 5.74) is -1.38. The Hall–Kier alpha value is -3.43. The molecule has 1 atom stereocenters. The number of imidazole rings is 1. The normalized spacial score (nSPS) is 18.0. The number of aromatic nitrogens is 2. The van der Waals surface area contributed by atoms with Gasteiger partial charge in [0.15, 0.2) is 0 Å². The number of halogens is 3. The first-order valence-electron chi connectivity index (χ1n) is 12.5. The molecule has 1 aliphatic heterocycles. The van der Waals surface area contributed by atoms with Gasteiger partial charge in [-0.05, 0) is 51.0 Å². The monoisotopic (exact) mass is 533 g/mol. The third kappa shape index (κ3) is 5.26. The van der Waals surface area contributed by atoms with Crippen molar-refractivity contribution < 1.29 is 27.4 Å². The van der Waals surface area contributed by atoms with Crippen LogP contribution >= 0.6 is 0 Å². The molecule has 206 valence electrons. The van der Waals surface area contributed by atoms with Gasteiger partial charge >= 0.3 is 18.0 Å². The van der Waals surface area contributed by atoms with Gasteiger partial charge < -0.3 is 14.4 Å². The average Bonchev–Trinajstić information content (AvgIpc) is 3.08. The highest BCUT2D eigenvalue weighted by molar-refractivity contribution is 5.83. The quantitative estimate of drug-likeness (QED) is 0.407. The van der Waals surface area contributed by atoms with E-state index in [2.05, 4.69) is 0 Å². The van der Waals surface area contributed by atoms with Gasteiger partial charge in [-0.25, -0.2) is 9.59 Å². The van der Waals surface area contributed by atoms with Crippen LogP contribution in [0.2, 0.25) is 0 Å². The Kier molecular flexibility index (Phi) is 7.05. The van der Waals surface area contributed by atoms with Gasteiger partial charge in [0.25, 0.3) is 0 Å². The standard InChI is InChI=1S/C28H34F3N3O4/c1-26(2,3)38-25(36)32-15-14-22(27(4,5)17-32)34-20-12-9-13-21(37-6)23(20)33(24(34)35)16-18-10-7-8-11-19(18)28(29,30)31/h7-13,22H,14-17H2,1-6H3. The van der Waals surface area contributed by atoms with Crippen LogP contribution in [-0.2, 0) is 17.5 Å². The second-order valence-corrected chi connectivity index (χ2v) is 11.4. The van der Waals surface area contributed by atoms with E-state index in [1.165, 1.54) is 29.9 Å². The number of rotatable bonds is 4. The zero-order valence-corrected chi connectivity index (χ0v) is 22.6. The van der Waals surface area contributed by atoms with Gasteiger partial charge in [0, 0.05) is 24.5 Å². The van der Waals surface area contributed by atoms with Crippen molar-refractivity contribution >= 4 is 17.1 Å². The van der Waals surface area contributed by atoms with Crippen LogP contribution < -0.4 is 10.4 Å². The van der Waals surface area contributed by atoms with Crippen LogP contribution in [-0.4, -0.2) is 45.9 Å². The molecule has 0 saturated carbocycles. The molecule has 1 amide bonds. The van der Waals surface area contributed by atoms with E-state index >= 15 is 0 Å². The van der Waals surface area contributed by atoms with Crippen LogP contribution in [0.1, 0.15) is 58.2 Å². The number of para-hydroxylation sites is 1. The maximum absolute atomic E-state index is 14.0. The molecule has 0 bridgehead atoms. The molecule has 4 rings (SSSR count). The summed E-state index contributed by atoms with van der Waals surface area (Å²) in [7, 11) is 1.47. The van der Waals surface area contributed by atoms with Crippen molar-refractivity contribution in [2.75, 3.05) is 20.2 Å². The molecular weight excluding hydrogens is 499 g/mol. The maximum atomic E-state index is 14.0. The fraction of sp³-hybridized carbons (Fsp3) is 0.500. The number of amides is 1. The third-order valence-corrected chi connectivity index (χ3v) is 6.95. The van der Waals surface area contributed by atoms with Gasteiger partial charge in [-0.3, -0.25) is 9.13 Å². The summed E-state index contributed by atoms with van der Waals surface area (Å²) in [4.78, 5) is 28.4. The number of hydrogen-bond acceptors (Lipinski definition) is 4. The van der Waals surface area contributed by atoms with Crippen LogP contribution in [0.5, 0.6) is 5.75 Å². The second-order valence-electron chi connectivity index (χ2n) is 11.4. The lowest BCUT2D eigenvalue weighted by Gasteiger charge is -2.44. The average molecular weight is 534 g/mol. The Morgan fingerprint density at radius 1 is 1.08 bits per heavy atom. The van der Waals surface area contributed by atoms with E-state index in [1.54, 1.807) is 27.7 Å². The third-order valence-electron chi connectivity index (χ3n) is 6.95. The van der Waals surface area contributed by atoms with E-state index in [-0.39, 0.29) is 18.2 Å². The summed E-state index contributed by atoms with van der Waals surface area (Å²) in [5, 5.41) is 0. The fourth-order valence-electron chi connectivity index (χ4n) is 5.33. The number of nitrogens with zero attached hydrogens (tertiary/aromatic N) is 3. The summed E-state index contributed by atoms with van der Waals surface area (Å²) in [6.07, 6.45) is -4.50. The lowest BCUT2D eigenvalue weighted by Crippen LogP contribution is -2.51. The van der Waals surface area contributed by atoms with E-state index in [9.17, 15) is 22.8 Å². The molecule has 3 aromatic rings. The molecule has 1 unspecified atom stereocenters. The number of methoxy groups -OCH3 is 1. The topological polar surface area (TPSA) is 65.7 Å². The van der Waals surface area contributed by atoms with Gasteiger partial charge in [-0.1, -0.05) is 38.1 Å². The number of alkyl halides is 3. The van der Waals surface area contributed by atoms with Gasteiger partial charge in [-0.2, -0.15) is 13.2 Å². The first-order valence-corrected chi connectivity index (χ1v) is 12.5. The number of ether oxygens (including phenoxy) is 2. The number of piperidine rings is 1. The molecule has 1 saturated heterocycles. The Morgan fingerprint density at radius 3 is 2.37 bits per heavy atom. The lowest BCUT2D eigenvalue weighted by molar-refractivity contribution is -0.138. The van der Waals surface area contributed by atoms with E-state index in [1.807, 2.05) is 34.6 Å². The van der Waals surface area contributed by atoms with Gasteiger partial charge in [0.1, 0.15) is 16.9 Å². The molecule has 7 nitrogen and oxygen atoms in total. The minimum absolute atomic E-state index is 0.00828. The zero-order valence-electron chi connectivity index (χ0n) is 22.6. The molecule has 0 aliphatic carbocycles. The van der Waals surface area contributed by atoms with Crippen molar-refractivity contribution in [1.82, 2.24) is 14.0 Å². The number of hydrogen-bond donors (Lipinski definition) is 0. The predicted octanol–water partition coefficient (Wildman–Crippen LogP) is 6.09. The Labute approximate surface area is 219 Å². The van der Waals surface area contributed by atoms with Gasteiger partial charge in [0.05, 0.1) is 24.7 Å². The van der Waals surface area contributed by atoms with Crippen LogP contribution in [0.3, 0.4) is 0 Å². The highest BCUT2D eigenvalue weighted by Crippen LogP contribution is 2.41. The van der Waals surface area contributed by atoms with Crippen LogP contribution in [0.4, 0.5) is 18.0 Å². The minimum Gasteiger partial charge on any atom is -0.494 e. The summed E-state index contributed by atoms with van der Waals surface area (Å²) in [6.45, 7) is 9.83. The van der Waals surface area contributed by atoms with E-state index in [4.69, 9.17) is 9.47 Å². The smallest absolute Gasteiger partial charge is 0.416 e. The van der Waals surface area contributed by atoms with Gasteiger partial charge in [-0.15, -0.1) is 0 Å². The number of carbonyl (C=O) groups is 1. The van der Waals surface area contributed by atoms with Gasteiger partial charge in [0.2, 0.25) is 0 Å². The second kappa shape index (κ2) is 9.71. The van der Waals surface area contributed by atoms with Crippen molar-refractivity contribution in [1.29, 1.82) is 0 Å². The molecule has 38 heavy (non-hydrogen) atoms. The summed E-state index contributed by atoms with van der Waals surface area (Å²) in [6, 6.07) is 10.2. The van der Waals surface area contributed by atoms with Crippen LogP contribution in [0.15, 0.2) is 47.3 Å². The highest BCUT2D eigenvalue weighted by atomic mass is 19.4. The summed E-state index contributed by atoms with van der Waals surface area (Å²) < 4.78 is 55.4. The summed E-state index contributed by atoms with van der Waals surface area (Å²) in [5.74, 6) is 0.395. The molecule has 0 N–H and O–H groups in total. The first-order chi connectivity index (χ1) is 17.6. The van der Waals surface area contributed by atoms with Crippen molar-refractivity contribution in [3.05, 3.63) is 64.1 Å². The zero-order chi connectivity index (χ0) is 28.0. The first kappa shape index (κ1) is 27.6. The number of carbonyl (C=O) groups excluding carboxylic acids is 1. The van der Waals surface area contributed by atoms with Crippen LogP contribution in [0, 0.1) is 5.41 Å². The predicted molar refractivity (Wildman–Crippen MR) is 139 cm³/mol. The molecule has 10 heteroatoms.